The van der Waals surface area contributed by atoms with E-state index in [-0.39, 0.29) is 6.42 Å². The minimum Gasteiger partial charge on any atom is -0.489 e. The normalized spacial score (nSPS) is 11.6. The van der Waals surface area contributed by atoms with Crippen LogP contribution >= 0.6 is 0 Å². The van der Waals surface area contributed by atoms with Gasteiger partial charge in [0.1, 0.15) is 23.9 Å². The molecule has 0 saturated carbocycles. The Labute approximate surface area is 176 Å². The molecule has 0 aliphatic heterocycles. The van der Waals surface area contributed by atoms with Gasteiger partial charge in [-0.3, -0.25) is 4.79 Å². The molecular formula is C26H24O4. The van der Waals surface area contributed by atoms with Crippen molar-refractivity contribution in [3.05, 3.63) is 103 Å². The second-order valence-corrected chi connectivity index (χ2v) is 6.73. The van der Waals surface area contributed by atoms with Crippen molar-refractivity contribution in [1.29, 1.82) is 0 Å². The number of carboxylic acids is 1. The Kier molecular flexibility index (Phi) is 7.06. The summed E-state index contributed by atoms with van der Waals surface area (Å²) in [4.78, 5) is 10.8. The first kappa shape index (κ1) is 20.9. The van der Waals surface area contributed by atoms with Gasteiger partial charge in [-0.05, 0) is 65.2 Å². The topological polar surface area (TPSA) is 55.8 Å². The van der Waals surface area contributed by atoms with Gasteiger partial charge < -0.3 is 14.6 Å². The van der Waals surface area contributed by atoms with E-state index in [0.717, 1.165) is 27.7 Å². The maximum atomic E-state index is 10.8. The molecule has 3 aromatic rings. The number of benzene rings is 3. The van der Waals surface area contributed by atoms with Gasteiger partial charge in [0.25, 0.3) is 0 Å². The number of ether oxygens (including phenoxy) is 2. The summed E-state index contributed by atoms with van der Waals surface area (Å²) in [7, 11) is 0. The molecule has 0 bridgehead atoms. The summed E-state index contributed by atoms with van der Waals surface area (Å²) in [6.45, 7) is 6.15. The number of allylic oxidation sites excluding steroid dienone is 3. The van der Waals surface area contributed by atoms with Gasteiger partial charge in [-0.1, -0.05) is 55.1 Å². The van der Waals surface area contributed by atoms with E-state index in [9.17, 15) is 4.79 Å². The monoisotopic (exact) mass is 400 g/mol. The highest BCUT2D eigenvalue weighted by atomic mass is 16.5. The van der Waals surface area contributed by atoms with E-state index >= 15 is 0 Å². The Bertz CT molecular complexity index is 1090. The van der Waals surface area contributed by atoms with Crippen molar-refractivity contribution in [1.82, 2.24) is 0 Å². The molecule has 152 valence electrons. The van der Waals surface area contributed by atoms with Crippen LogP contribution in [0.5, 0.6) is 17.2 Å². The summed E-state index contributed by atoms with van der Waals surface area (Å²) in [6.07, 6.45) is 7.62. The van der Waals surface area contributed by atoms with Gasteiger partial charge in [-0.25, -0.2) is 0 Å². The maximum Gasteiger partial charge on any atom is 0.307 e. The third kappa shape index (κ3) is 5.85. The van der Waals surface area contributed by atoms with Crippen LogP contribution in [0.3, 0.4) is 0 Å². The van der Waals surface area contributed by atoms with Crippen molar-refractivity contribution in [2.24, 2.45) is 0 Å². The maximum absolute atomic E-state index is 10.8. The fourth-order valence-electron chi connectivity index (χ4n) is 2.93. The minimum atomic E-state index is -0.850. The number of carbonyl (C=O) groups is 1. The molecule has 0 amide bonds. The Morgan fingerprint density at radius 1 is 0.967 bits per heavy atom. The number of rotatable bonds is 9. The van der Waals surface area contributed by atoms with Gasteiger partial charge >= 0.3 is 5.97 Å². The highest BCUT2D eigenvalue weighted by molar-refractivity contribution is 5.85. The molecule has 0 aliphatic carbocycles. The lowest BCUT2D eigenvalue weighted by atomic mass is 10.1. The van der Waals surface area contributed by atoms with Crippen LogP contribution in [0.4, 0.5) is 0 Å². The van der Waals surface area contributed by atoms with E-state index in [4.69, 9.17) is 14.6 Å². The largest absolute Gasteiger partial charge is 0.489 e. The van der Waals surface area contributed by atoms with E-state index in [0.29, 0.717) is 18.1 Å². The average molecular weight is 400 g/mol. The highest BCUT2D eigenvalue weighted by Gasteiger charge is 2.04. The second kappa shape index (κ2) is 10.1. The van der Waals surface area contributed by atoms with Gasteiger partial charge in [-0.2, -0.15) is 0 Å². The van der Waals surface area contributed by atoms with Gasteiger partial charge in [0, 0.05) is 0 Å². The van der Waals surface area contributed by atoms with Crippen molar-refractivity contribution in [2.45, 2.75) is 13.3 Å². The molecule has 30 heavy (non-hydrogen) atoms. The lowest BCUT2D eigenvalue weighted by Gasteiger charge is -2.10. The molecule has 0 atom stereocenters. The van der Waals surface area contributed by atoms with Crippen LogP contribution < -0.4 is 9.47 Å². The Balaban J connectivity index is 1.68. The molecule has 0 aromatic heterocycles. The summed E-state index contributed by atoms with van der Waals surface area (Å²) in [5.41, 5.74) is 1.81. The molecule has 3 rings (SSSR count). The first-order valence-corrected chi connectivity index (χ1v) is 9.67. The number of hydrogen-bond donors (Lipinski definition) is 1. The molecule has 0 unspecified atom stereocenters. The van der Waals surface area contributed by atoms with Crippen LogP contribution in [0.15, 0.2) is 97.1 Å². The SMILES string of the molecule is C=C/C=C\C(=C/C)COc1ccc2cc(Oc3ccc(CC(=O)O)cc3)ccc2c1. The zero-order chi connectivity index (χ0) is 21.3. The van der Waals surface area contributed by atoms with Crippen LogP contribution in [0.1, 0.15) is 12.5 Å². The third-order valence-corrected chi connectivity index (χ3v) is 4.52. The van der Waals surface area contributed by atoms with E-state index in [1.54, 1.807) is 30.3 Å². The Morgan fingerprint density at radius 2 is 1.60 bits per heavy atom. The van der Waals surface area contributed by atoms with Crippen LogP contribution in [0, 0.1) is 0 Å². The summed E-state index contributed by atoms with van der Waals surface area (Å²) < 4.78 is 11.8. The predicted molar refractivity (Wildman–Crippen MR) is 120 cm³/mol. The van der Waals surface area contributed by atoms with Crippen LogP contribution in [0.25, 0.3) is 10.8 Å². The molecule has 3 aromatic carbocycles. The zero-order valence-electron chi connectivity index (χ0n) is 16.9. The van der Waals surface area contributed by atoms with Gasteiger partial charge in [0.2, 0.25) is 0 Å². The quantitative estimate of drug-likeness (QED) is 0.427. The number of aliphatic carboxylic acids is 1. The van der Waals surface area contributed by atoms with Crippen molar-refractivity contribution >= 4 is 16.7 Å². The Morgan fingerprint density at radius 3 is 2.23 bits per heavy atom. The second-order valence-electron chi connectivity index (χ2n) is 6.73. The van der Waals surface area contributed by atoms with E-state index in [2.05, 4.69) is 6.58 Å². The fourth-order valence-corrected chi connectivity index (χ4v) is 2.93. The number of carboxylic acid groups (broad SMARTS) is 1. The van der Waals surface area contributed by atoms with Crippen molar-refractivity contribution in [2.75, 3.05) is 6.61 Å². The third-order valence-electron chi connectivity index (χ3n) is 4.52. The van der Waals surface area contributed by atoms with Crippen molar-refractivity contribution in [3.63, 3.8) is 0 Å². The van der Waals surface area contributed by atoms with Crippen molar-refractivity contribution in [3.8, 4) is 17.2 Å². The van der Waals surface area contributed by atoms with Crippen LogP contribution in [-0.2, 0) is 11.2 Å². The lowest BCUT2D eigenvalue weighted by Crippen LogP contribution is -1.99. The van der Waals surface area contributed by atoms with Gasteiger partial charge in [-0.15, -0.1) is 0 Å². The molecule has 0 aliphatic rings. The smallest absolute Gasteiger partial charge is 0.307 e. The van der Waals surface area contributed by atoms with E-state index in [1.807, 2.05) is 61.5 Å². The first-order valence-electron chi connectivity index (χ1n) is 9.67. The summed E-state index contributed by atoms with van der Waals surface area (Å²) in [5, 5.41) is 10.9. The van der Waals surface area contributed by atoms with Gasteiger partial charge in [0.05, 0.1) is 6.42 Å². The van der Waals surface area contributed by atoms with Crippen LogP contribution in [0.2, 0.25) is 0 Å². The standard InChI is InChI=1S/C26H24O4/c1-3-5-6-19(4-2)18-29-24-13-9-22-17-25(14-10-21(22)16-24)30-23-11-7-20(8-12-23)15-26(27)28/h3-14,16-17H,1,15,18H2,2H3,(H,27,28)/b6-5-,19-4+. The Hall–Kier alpha value is -3.79. The summed E-state index contributed by atoms with van der Waals surface area (Å²) >= 11 is 0. The minimum absolute atomic E-state index is 0.000737. The van der Waals surface area contributed by atoms with Gasteiger partial charge in [0.15, 0.2) is 0 Å². The van der Waals surface area contributed by atoms with Crippen molar-refractivity contribution < 1.29 is 19.4 Å². The molecule has 4 heteroatoms. The summed E-state index contributed by atoms with van der Waals surface area (Å²) in [6, 6.07) is 18.9. The van der Waals surface area contributed by atoms with E-state index in [1.165, 1.54) is 0 Å². The molecule has 0 fully saturated rings. The summed E-state index contributed by atoms with van der Waals surface area (Å²) in [5.74, 6) is 1.33. The molecule has 0 spiro atoms. The fraction of sp³-hybridized carbons (Fsp3) is 0.115. The highest BCUT2D eigenvalue weighted by Crippen LogP contribution is 2.28. The lowest BCUT2D eigenvalue weighted by molar-refractivity contribution is -0.136. The molecule has 0 saturated heterocycles. The predicted octanol–water partition coefficient (Wildman–Crippen LogP) is 6.33. The molecular weight excluding hydrogens is 376 g/mol. The molecule has 0 heterocycles. The van der Waals surface area contributed by atoms with Crippen LogP contribution in [-0.4, -0.2) is 17.7 Å². The molecule has 1 N–H and O–H groups in total. The average Bonchev–Trinajstić information content (AvgIpc) is 2.75. The first-order chi connectivity index (χ1) is 14.6. The van der Waals surface area contributed by atoms with E-state index < -0.39 is 5.97 Å². The molecule has 4 nitrogen and oxygen atoms in total. The molecule has 0 radical (unpaired) electrons. The zero-order valence-corrected chi connectivity index (χ0v) is 16.9. The number of fused-ring (bicyclic) bond motifs is 1. The number of hydrogen-bond acceptors (Lipinski definition) is 3.